The van der Waals surface area contributed by atoms with Gasteiger partial charge in [-0.3, -0.25) is 0 Å². The van der Waals surface area contributed by atoms with E-state index in [9.17, 15) is 0 Å². The molecule has 0 aliphatic carbocycles. The van der Waals surface area contributed by atoms with E-state index in [2.05, 4.69) is 255 Å². The highest BCUT2D eigenvalue weighted by atomic mass is 14.3. The average molecular weight is 907 g/mol. The van der Waals surface area contributed by atoms with Crippen LogP contribution in [0.4, 0.5) is 0 Å². The van der Waals surface area contributed by atoms with Gasteiger partial charge in [-0.2, -0.15) is 0 Å². The lowest BCUT2D eigenvalue weighted by Gasteiger charge is -2.24. The van der Waals surface area contributed by atoms with Gasteiger partial charge in [0.05, 0.1) is 0 Å². The molecule has 16 aromatic carbocycles. The molecule has 0 aliphatic rings. The van der Waals surface area contributed by atoms with E-state index in [0.29, 0.717) is 0 Å². The third-order valence-electron chi connectivity index (χ3n) is 16.1. The second-order valence-electron chi connectivity index (χ2n) is 19.6. The molecule has 0 unspecified atom stereocenters. The van der Waals surface area contributed by atoms with Crippen molar-refractivity contribution >= 4 is 129 Å². The summed E-state index contributed by atoms with van der Waals surface area (Å²) in [6.07, 6.45) is 0. The predicted molar refractivity (Wildman–Crippen MR) is 313 cm³/mol. The third-order valence-corrected chi connectivity index (χ3v) is 16.1. The molecule has 16 rings (SSSR count). The van der Waals surface area contributed by atoms with Crippen molar-refractivity contribution in [3.05, 3.63) is 255 Å². The summed E-state index contributed by atoms with van der Waals surface area (Å²) in [5.74, 6) is 0. The molecule has 0 heteroatoms. The van der Waals surface area contributed by atoms with Gasteiger partial charge in [0.15, 0.2) is 0 Å². The number of hydrogen-bond donors (Lipinski definition) is 0. The van der Waals surface area contributed by atoms with Crippen LogP contribution in [-0.4, -0.2) is 0 Å². The summed E-state index contributed by atoms with van der Waals surface area (Å²) in [5, 5.41) is 30.5. The van der Waals surface area contributed by atoms with Gasteiger partial charge in [-0.05, 0) is 175 Å². The standard InChI is InChI=1S/C72H42/c1-3-25-47-43(21-1)45-23-5-9-29-51(45)67-53-31-11-7-27-49(53)65(41-63(47)67)69-55-33-13-17-37-59(55)71(60-38-18-14-34-56(60)69)72-61-39-19-15-35-57(61)70(58-36-16-20-40-62(58)72)66-42-64-48-26-4-2-22-44(48)46-24-6-10-30-52(46)68(64)54-32-12-8-28-50(54)66/h1-42H. The van der Waals surface area contributed by atoms with Gasteiger partial charge >= 0.3 is 0 Å². The van der Waals surface area contributed by atoms with Crippen LogP contribution < -0.4 is 0 Å². The molecule has 0 amide bonds. The Bertz CT molecular complexity index is 4600. The predicted octanol–water partition coefficient (Wildman–Crippen LogP) is 20.5. The maximum absolute atomic E-state index is 2.51. The topological polar surface area (TPSA) is 0 Å². The van der Waals surface area contributed by atoms with E-state index in [1.165, 1.54) is 163 Å². The summed E-state index contributed by atoms with van der Waals surface area (Å²) in [4.78, 5) is 0. The van der Waals surface area contributed by atoms with Gasteiger partial charge in [0.25, 0.3) is 0 Å². The number of fused-ring (bicyclic) bond motifs is 20. The van der Waals surface area contributed by atoms with Crippen LogP contribution in [-0.2, 0) is 0 Å². The fourth-order valence-corrected chi connectivity index (χ4v) is 13.3. The normalized spacial score (nSPS) is 12.2. The molecule has 72 heavy (non-hydrogen) atoms. The van der Waals surface area contributed by atoms with E-state index >= 15 is 0 Å². The Kier molecular flexibility index (Phi) is 8.26. The van der Waals surface area contributed by atoms with Crippen LogP contribution in [0.3, 0.4) is 0 Å². The first-order chi connectivity index (χ1) is 35.8. The number of rotatable bonds is 3. The van der Waals surface area contributed by atoms with Gasteiger partial charge in [-0.15, -0.1) is 0 Å². The zero-order chi connectivity index (χ0) is 47.0. The summed E-state index contributed by atoms with van der Waals surface area (Å²) >= 11 is 0. The van der Waals surface area contributed by atoms with Gasteiger partial charge in [0.2, 0.25) is 0 Å². The lowest BCUT2D eigenvalue weighted by Crippen LogP contribution is -1.96. The molecule has 16 aromatic rings. The first kappa shape index (κ1) is 39.5. The summed E-state index contributed by atoms with van der Waals surface area (Å²) in [7, 11) is 0. The van der Waals surface area contributed by atoms with Crippen LogP contribution in [0.15, 0.2) is 255 Å². The smallest absolute Gasteiger partial charge is 0.00139 e. The maximum Gasteiger partial charge on any atom is -0.00139 e. The van der Waals surface area contributed by atoms with Crippen molar-refractivity contribution in [3.8, 4) is 33.4 Å². The molecular formula is C72H42. The largest absolute Gasteiger partial charge is 0.0616 e. The Morgan fingerprint density at radius 3 is 0.556 bits per heavy atom. The van der Waals surface area contributed by atoms with Gasteiger partial charge < -0.3 is 0 Å². The van der Waals surface area contributed by atoms with Crippen molar-refractivity contribution in [3.63, 3.8) is 0 Å². The van der Waals surface area contributed by atoms with E-state index in [0.717, 1.165) is 0 Å². The Hall–Kier alpha value is -9.36. The van der Waals surface area contributed by atoms with E-state index in [1.807, 2.05) is 0 Å². The molecule has 330 valence electrons. The minimum Gasteiger partial charge on any atom is -0.0616 e. The van der Waals surface area contributed by atoms with Gasteiger partial charge in [0, 0.05) is 0 Å². The molecule has 0 aliphatic heterocycles. The molecule has 0 heterocycles. The summed E-state index contributed by atoms with van der Waals surface area (Å²) in [5.41, 5.74) is 7.59. The van der Waals surface area contributed by atoms with Crippen LogP contribution >= 0.6 is 0 Å². The van der Waals surface area contributed by atoms with Crippen molar-refractivity contribution in [2.24, 2.45) is 0 Å². The van der Waals surface area contributed by atoms with E-state index in [1.54, 1.807) is 0 Å². The van der Waals surface area contributed by atoms with Crippen molar-refractivity contribution in [1.29, 1.82) is 0 Å². The summed E-state index contributed by atoms with van der Waals surface area (Å²) in [6.45, 7) is 0. The fourth-order valence-electron chi connectivity index (χ4n) is 13.3. The summed E-state index contributed by atoms with van der Waals surface area (Å²) in [6, 6.07) is 95.9. The van der Waals surface area contributed by atoms with Crippen molar-refractivity contribution in [2.75, 3.05) is 0 Å². The van der Waals surface area contributed by atoms with Crippen molar-refractivity contribution in [1.82, 2.24) is 0 Å². The average Bonchev–Trinajstić information content (AvgIpc) is 3.45. The molecule has 0 bridgehead atoms. The SMILES string of the molecule is c1ccc2c(-c3cc4c5ccccc5c5ccccc5c4c4ccccc34)c3ccccc3c(-c3c4ccccc4c(-c4cc5c6ccccc6c6ccccc6c5c5ccccc45)c4ccccc34)c2c1. The molecule has 0 saturated carbocycles. The first-order valence-electron chi connectivity index (χ1n) is 25.2. The van der Waals surface area contributed by atoms with Crippen LogP contribution in [0.5, 0.6) is 0 Å². The van der Waals surface area contributed by atoms with Crippen LogP contribution in [0, 0.1) is 0 Å². The minimum atomic E-state index is 1.25. The van der Waals surface area contributed by atoms with Crippen LogP contribution in [0.25, 0.3) is 163 Å². The van der Waals surface area contributed by atoms with Gasteiger partial charge in [-0.25, -0.2) is 0 Å². The third kappa shape index (κ3) is 5.36. The molecule has 0 spiro atoms. The molecular weight excluding hydrogens is 865 g/mol. The Morgan fingerprint density at radius 1 is 0.125 bits per heavy atom. The quantitative estimate of drug-likeness (QED) is 0.122. The monoisotopic (exact) mass is 906 g/mol. The van der Waals surface area contributed by atoms with Gasteiger partial charge in [-0.1, -0.05) is 243 Å². The highest BCUT2D eigenvalue weighted by Crippen LogP contribution is 2.53. The summed E-state index contributed by atoms with van der Waals surface area (Å²) < 4.78 is 0. The highest BCUT2D eigenvalue weighted by molar-refractivity contribution is 6.38. The Labute approximate surface area is 415 Å². The lowest BCUT2D eigenvalue weighted by atomic mass is 9.79. The fraction of sp³-hybridized carbons (Fsp3) is 0. The van der Waals surface area contributed by atoms with E-state index in [-0.39, 0.29) is 0 Å². The Morgan fingerprint density at radius 2 is 0.292 bits per heavy atom. The molecule has 0 N–H and O–H groups in total. The minimum absolute atomic E-state index is 1.25. The molecule has 0 radical (unpaired) electrons. The van der Waals surface area contributed by atoms with Crippen LogP contribution in [0.2, 0.25) is 0 Å². The number of benzene rings is 16. The lowest BCUT2D eigenvalue weighted by molar-refractivity contribution is 1.70. The zero-order valence-corrected chi connectivity index (χ0v) is 39.2. The Balaban J connectivity index is 1.04. The molecule has 0 nitrogen and oxygen atoms in total. The molecule has 0 saturated heterocycles. The van der Waals surface area contributed by atoms with Crippen LogP contribution in [0.1, 0.15) is 0 Å². The van der Waals surface area contributed by atoms with E-state index < -0.39 is 0 Å². The number of hydrogen-bond acceptors (Lipinski definition) is 0. The highest BCUT2D eigenvalue weighted by Gasteiger charge is 2.25. The van der Waals surface area contributed by atoms with Gasteiger partial charge in [0.1, 0.15) is 0 Å². The second-order valence-corrected chi connectivity index (χ2v) is 19.6. The maximum atomic E-state index is 2.51. The molecule has 0 fully saturated rings. The first-order valence-corrected chi connectivity index (χ1v) is 25.2. The van der Waals surface area contributed by atoms with Crippen molar-refractivity contribution in [2.45, 2.75) is 0 Å². The van der Waals surface area contributed by atoms with Crippen molar-refractivity contribution < 1.29 is 0 Å². The second kappa shape index (κ2) is 15.1. The zero-order valence-electron chi connectivity index (χ0n) is 39.2. The molecule has 0 atom stereocenters. The van der Waals surface area contributed by atoms with E-state index in [4.69, 9.17) is 0 Å². The molecule has 0 aromatic heterocycles.